The number of hydrogen-bond donors (Lipinski definition) is 1. The number of hydrogen-bond acceptors (Lipinski definition) is 3. The molecule has 0 aliphatic carbocycles. The first-order valence-electron chi connectivity index (χ1n) is 5.24. The highest BCUT2D eigenvalue weighted by molar-refractivity contribution is 9.10. The molecule has 4 nitrogen and oxygen atoms in total. The number of nitro benzene ring substituents is 1. The van der Waals surface area contributed by atoms with Crippen LogP contribution in [0, 0.1) is 21.7 Å². The zero-order chi connectivity index (χ0) is 14.9. The summed E-state index contributed by atoms with van der Waals surface area (Å²) in [6, 6.07) is 6.10. The van der Waals surface area contributed by atoms with Gasteiger partial charge in [0.15, 0.2) is 0 Å². The molecule has 0 saturated carbocycles. The predicted octanol–water partition coefficient (Wildman–Crippen LogP) is 5.14. The van der Waals surface area contributed by atoms with Gasteiger partial charge < -0.3 is 5.32 Å². The second-order valence-electron chi connectivity index (χ2n) is 3.79. The van der Waals surface area contributed by atoms with E-state index in [0.717, 1.165) is 12.1 Å². The maximum Gasteiger partial charge on any atom is 0.293 e. The number of anilines is 2. The first kappa shape index (κ1) is 14.9. The van der Waals surface area contributed by atoms with Crippen LogP contribution in [0.2, 0.25) is 0 Å². The van der Waals surface area contributed by atoms with Crippen LogP contribution in [0.4, 0.5) is 25.8 Å². The van der Waals surface area contributed by atoms with Crippen molar-refractivity contribution in [3.8, 4) is 0 Å². The molecule has 0 atom stereocenters. The van der Waals surface area contributed by atoms with Gasteiger partial charge in [0.25, 0.3) is 5.69 Å². The van der Waals surface area contributed by atoms with Gasteiger partial charge in [-0.3, -0.25) is 10.1 Å². The Kier molecular flexibility index (Phi) is 4.34. The molecule has 0 aliphatic rings. The maximum atomic E-state index is 13.7. The van der Waals surface area contributed by atoms with Crippen molar-refractivity contribution in [1.29, 1.82) is 0 Å². The molecule has 0 aliphatic heterocycles. The molecule has 0 spiro atoms. The fourth-order valence-electron chi connectivity index (χ4n) is 1.52. The fourth-order valence-corrected chi connectivity index (χ4v) is 2.19. The summed E-state index contributed by atoms with van der Waals surface area (Å²) in [4.78, 5) is 10.3. The Morgan fingerprint density at radius 2 is 1.75 bits per heavy atom. The summed E-state index contributed by atoms with van der Waals surface area (Å²) in [5.74, 6) is -1.40. The molecular weight excluding hydrogens is 402 g/mol. The molecule has 1 N–H and O–H groups in total. The first-order chi connectivity index (χ1) is 9.38. The van der Waals surface area contributed by atoms with E-state index < -0.39 is 16.6 Å². The van der Waals surface area contributed by atoms with Gasteiger partial charge in [-0.2, -0.15) is 0 Å². The Hall–Kier alpha value is -1.54. The molecule has 0 heterocycles. The quantitative estimate of drug-likeness (QED) is 0.435. The van der Waals surface area contributed by atoms with E-state index in [1.807, 2.05) is 0 Å². The zero-order valence-corrected chi connectivity index (χ0v) is 12.8. The number of rotatable bonds is 3. The van der Waals surface area contributed by atoms with Gasteiger partial charge in [-0.05, 0) is 34.1 Å². The summed E-state index contributed by atoms with van der Waals surface area (Å²) in [5.41, 5.74) is -0.364. The summed E-state index contributed by atoms with van der Waals surface area (Å²) in [5, 5.41) is 13.5. The van der Waals surface area contributed by atoms with Crippen LogP contribution in [-0.2, 0) is 0 Å². The molecule has 20 heavy (non-hydrogen) atoms. The smallest absolute Gasteiger partial charge is 0.293 e. The van der Waals surface area contributed by atoms with Gasteiger partial charge in [-0.1, -0.05) is 15.9 Å². The number of benzene rings is 2. The third-order valence-electron chi connectivity index (χ3n) is 2.44. The van der Waals surface area contributed by atoms with Crippen LogP contribution in [-0.4, -0.2) is 4.92 Å². The molecule has 0 unspecified atom stereocenters. The Balaban J connectivity index is 2.45. The lowest BCUT2D eigenvalue weighted by atomic mass is 10.2. The minimum Gasteiger partial charge on any atom is -0.347 e. The van der Waals surface area contributed by atoms with E-state index in [2.05, 4.69) is 37.2 Å². The molecule has 0 radical (unpaired) electrons. The highest BCUT2D eigenvalue weighted by Crippen LogP contribution is 2.32. The SMILES string of the molecule is O=[N+]([O-])c1cc(Br)ccc1Nc1cc(F)c(Br)cc1F. The van der Waals surface area contributed by atoms with Crippen molar-refractivity contribution in [3.05, 3.63) is 61.0 Å². The van der Waals surface area contributed by atoms with Crippen LogP contribution in [0.3, 0.4) is 0 Å². The molecule has 2 aromatic rings. The third kappa shape index (κ3) is 3.13. The van der Waals surface area contributed by atoms with Gasteiger partial charge in [0.2, 0.25) is 0 Å². The van der Waals surface area contributed by atoms with Gasteiger partial charge in [-0.15, -0.1) is 0 Å². The van der Waals surface area contributed by atoms with Gasteiger partial charge in [0.1, 0.15) is 17.3 Å². The molecular formula is C12H6Br2F2N2O2. The van der Waals surface area contributed by atoms with Crippen LogP contribution in [0.1, 0.15) is 0 Å². The van der Waals surface area contributed by atoms with E-state index in [0.29, 0.717) is 4.47 Å². The van der Waals surface area contributed by atoms with Gasteiger partial charge in [0, 0.05) is 16.6 Å². The van der Waals surface area contributed by atoms with E-state index in [-0.39, 0.29) is 21.5 Å². The van der Waals surface area contributed by atoms with E-state index in [9.17, 15) is 18.9 Å². The Morgan fingerprint density at radius 3 is 2.40 bits per heavy atom. The second kappa shape index (κ2) is 5.84. The first-order valence-corrected chi connectivity index (χ1v) is 6.82. The highest BCUT2D eigenvalue weighted by atomic mass is 79.9. The molecule has 0 aromatic heterocycles. The van der Waals surface area contributed by atoms with Crippen molar-refractivity contribution in [2.24, 2.45) is 0 Å². The number of nitrogens with zero attached hydrogens (tertiary/aromatic N) is 1. The lowest BCUT2D eigenvalue weighted by Gasteiger charge is -2.09. The number of halogens is 4. The standard InChI is InChI=1S/C12H6Br2F2N2O2/c13-6-1-2-10(12(3-6)18(19)20)17-11-5-8(15)7(14)4-9(11)16/h1-5,17H. The molecule has 8 heteroatoms. The molecule has 0 fully saturated rings. The lowest BCUT2D eigenvalue weighted by molar-refractivity contribution is -0.384. The Labute approximate surface area is 129 Å². The summed E-state index contributed by atoms with van der Waals surface area (Å²) < 4.78 is 27.6. The van der Waals surface area contributed by atoms with Gasteiger partial charge in [0.05, 0.1) is 15.1 Å². The largest absolute Gasteiger partial charge is 0.347 e. The van der Waals surface area contributed by atoms with Gasteiger partial charge >= 0.3 is 0 Å². The summed E-state index contributed by atoms with van der Waals surface area (Å²) >= 11 is 5.97. The molecule has 2 aromatic carbocycles. The van der Waals surface area contributed by atoms with Crippen molar-refractivity contribution in [2.45, 2.75) is 0 Å². The zero-order valence-electron chi connectivity index (χ0n) is 9.66. The lowest BCUT2D eigenvalue weighted by Crippen LogP contribution is -1.99. The Bertz CT molecular complexity index is 695. The van der Waals surface area contributed by atoms with Crippen LogP contribution in [0.25, 0.3) is 0 Å². The van der Waals surface area contributed by atoms with Crippen molar-refractivity contribution in [2.75, 3.05) is 5.32 Å². The van der Waals surface area contributed by atoms with Crippen LogP contribution >= 0.6 is 31.9 Å². The van der Waals surface area contributed by atoms with Crippen molar-refractivity contribution >= 4 is 48.9 Å². The molecule has 104 valence electrons. The van der Waals surface area contributed by atoms with E-state index >= 15 is 0 Å². The number of nitro groups is 1. The Morgan fingerprint density at radius 1 is 1.05 bits per heavy atom. The summed E-state index contributed by atoms with van der Waals surface area (Å²) in [7, 11) is 0. The van der Waals surface area contributed by atoms with Crippen LogP contribution in [0.5, 0.6) is 0 Å². The number of nitrogens with one attached hydrogen (secondary N) is 1. The van der Waals surface area contributed by atoms with E-state index in [1.165, 1.54) is 12.1 Å². The van der Waals surface area contributed by atoms with Gasteiger partial charge in [-0.25, -0.2) is 8.78 Å². The van der Waals surface area contributed by atoms with Crippen molar-refractivity contribution < 1.29 is 13.7 Å². The molecule has 0 saturated heterocycles. The molecule has 0 amide bonds. The van der Waals surface area contributed by atoms with E-state index in [4.69, 9.17) is 0 Å². The minimum atomic E-state index is -0.726. The highest BCUT2D eigenvalue weighted by Gasteiger charge is 2.16. The third-order valence-corrected chi connectivity index (χ3v) is 3.54. The van der Waals surface area contributed by atoms with Crippen molar-refractivity contribution in [1.82, 2.24) is 0 Å². The van der Waals surface area contributed by atoms with Crippen LogP contribution in [0.15, 0.2) is 39.3 Å². The topological polar surface area (TPSA) is 55.2 Å². The second-order valence-corrected chi connectivity index (χ2v) is 5.56. The average molecular weight is 408 g/mol. The monoisotopic (exact) mass is 406 g/mol. The summed E-state index contributed by atoms with van der Waals surface area (Å²) in [6.07, 6.45) is 0. The van der Waals surface area contributed by atoms with E-state index in [1.54, 1.807) is 6.07 Å². The minimum absolute atomic E-state index is 0.0224. The van der Waals surface area contributed by atoms with Crippen molar-refractivity contribution in [3.63, 3.8) is 0 Å². The molecule has 2 rings (SSSR count). The van der Waals surface area contributed by atoms with Crippen LogP contribution < -0.4 is 5.32 Å². The average Bonchev–Trinajstić information content (AvgIpc) is 2.37. The predicted molar refractivity (Wildman–Crippen MR) is 78.1 cm³/mol. The normalized spacial score (nSPS) is 10.4. The maximum absolute atomic E-state index is 13.7. The molecule has 0 bridgehead atoms. The fraction of sp³-hybridized carbons (Fsp3) is 0. The summed E-state index contributed by atoms with van der Waals surface area (Å²) in [6.45, 7) is 0.